The number of rotatable bonds is 3. The van der Waals surface area contributed by atoms with E-state index >= 15 is 0 Å². The second-order valence-electron chi connectivity index (χ2n) is 7.29. The van der Waals surface area contributed by atoms with Gasteiger partial charge in [0.2, 0.25) is 0 Å². The molecule has 0 saturated carbocycles. The Morgan fingerprint density at radius 2 is 1.69 bits per heavy atom. The number of anilines is 1. The Bertz CT molecular complexity index is 795. The highest BCUT2D eigenvalue weighted by molar-refractivity contribution is 5.99. The summed E-state index contributed by atoms with van der Waals surface area (Å²) in [5.74, 6) is -0.426. The van der Waals surface area contributed by atoms with Gasteiger partial charge < -0.3 is 9.47 Å². The van der Waals surface area contributed by atoms with Gasteiger partial charge in [-0.3, -0.25) is 4.90 Å². The number of ether oxygens (including phenoxy) is 2. The molecule has 5 nitrogen and oxygen atoms in total. The van der Waals surface area contributed by atoms with E-state index in [9.17, 15) is 9.59 Å². The third kappa shape index (κ3) is 4.04. The second kappa shape index (κ2) is 7.20. The molecule has 2 aromatic rings. The van der Waals surface area contributed by atoms with Gasteiger partial charge in [0.25, 0.3) is 0 Å². The minimum Gasteiger partial charge on any atom is -0.458 e. The maximum atomic E-state index is 12.8. The lowest BCUT2D eigenvalue weighted by Crippen LogP contribution is -2.46. The molecule has 0 aromatic heterocycles. The molecule has 136 valence electrons. The van der Waals surface area contributed by atoms with E-state index < -0.39 is 23.7 Å². The molecule has 0 saturated heterocycles. The molecule has 0 unspecified atom stereocenters. The van der Waals surface area contributed by atoms with Crippen LogP contribution >= 0.6 is 0 Å². The Kier molecular flexibility index (Phi) is 4.98. The lowest BCUT2D eigenvalue weighted by Gasteiger charge is -2.27. The van der Waals surface area contributed by atoms with E-state index in [2.05, 4.69) is 0 Å². The molecular weight excluding hydrogens is 330 g/mol. The van der Waals surface area contributed by atoms with E-state index in [0.717, 1.165) is 11.1 Å². The molecule has 1 heterocycles. The molecule has 1 aliphatic heterocycles. The highest BCUT2D eigenvalue weighted by Gasteiger charge is 2.41. The lowest BCUT2D eigenvalue weighted by molar-refractivity contribution is -0.156. The number of carbonyl (C=O) groups is 2. The molecule has 5 heteroatoms. The number of amides is 1. The molecule has 1 amide bonds. The second-order valence-corrected chi connectivity index (χ2v) is 7.29. The van der Waals surface area contributed by atoms with E-state index in [1.807, 2.05) is 75.4 Å². The Morgan fingerprint density at radius 1 is 1.04 bits per heavy atom. The van der Waals surface area contributed by atoms with Gasteiger partial charge in [-0.05, 0) is 38.0 Å². The zero-order valence-corrected chi connectivity index (χ0v) is 15.3. The Morgan fingerprint density at radius 3 is 2.38 bits per heavy atom. The maximum Gasteiger partial charge on any atom is 0.415 e. The van der Waals surface area contributed by atoms with Crippen molar-refractivity contribution in [2.24, 2.45) is 0 Å². The first-order valence-corrected chi connectivity index (χ1v) is 8.66. The van der Waals surface area contributed by atoms with Crippen molar-refractivity contribution in [1.82, 2.24) is 0 Å². The van der Waals surface area contributed by atoms with Crippen molar-refractivity contribution in [3.63, 3.8) is 0 Å². The van der Waals surface area contributed by atoms with Crippen LogP contribution in [0.5, 0.6) is 0 Å². The first-order valence-electron chi connectivity index (χ1n) is 8.66. The third-order valence-corrected chi connectivity index (χ3v) is 4.06. The van der Waals surface area contributed by atoms with Gasteiger partial charge in [0, 0.05) is 6.42 Å². The zero-order chi connectivity index (χ0) is 18.7. The molecule has 26 heavy (non-hydrogen) atoms. The van der Waals surface area contributed by atoms with Crippen LogP contribution in [-0.2, 0) is 27.3 Å². The van der Waals surface area contributed by atoms with Crippen LogP contribution in [0.2, 0.25) is 0 Å². The largest absolute Gasteiger partial charge is 0.458 e. The molecular formula is C21H23NO4. The zero-order valence-electron chi connectivity index (χ0n) is 15.3. The summed E-state index contributed by atoms with van der Waals surface area (Å²) in [5, 5.41) is 0. The number of esters is 1. The van der Waals surface area contributed by atoms with Gasteiger partial charge in [-0.15, -0.1) is 0 Å². The molecule has 0 radical (unpaired) electrons. The fourth-order valence-corrected chi connectivity index (χ4v) is 2.96. The fraction of sp³-hybridized carbons (Fsp3) is 0.333. The number of carbonyl (C=O) groups excluding carboxylic acids is 2. The highest BCUT2D eigenvalue weighted by atomic mass is 16.6. The average molecular weight is 353 g/mol. The van der Waals surface area contributed by atoms with Gasteiger partial charge in [-0.25, -0.2) is 9.59 Å². The van der Waals surface area contributed by atoms with E-state index in [4.69, 9.17) is 9.47 Å². The summed E-state index contributed by atoms with van der Waals surface area (Å²) in [6.45, 7) is 5.58. The molecule has 2 aromatic carbocycles. The van der Waals surface area contributed by atoms with E-state index in [0.29, 0.717) is 12.1 Å². The number of benzene rings is 2. The topological polar surface area (TPSA) is 55.8 Å². The molecule has 0 bridgehead atoms. The standard InChI is InChI=1S/C21H23NO4/c1-21(2,3)26-19(23)18-13-16-11-7-8-12-17(16)22(18)20(24)25-14-15-9-5-4-6-10-15/h4-12,18H,13-14H2,1-3H3/t18-/m0/s1. The third-order valence-electron chi connectivity index (χ3n) is 4.06. The van der Waals surface area contributed by atoms with E-state index in [1.54, 1.807) is 0 Å². The quantitative estimate of drug-likeness (QED) is 0.780. The van der Waals surface area contributed by atoms with Crippen molar-refractivity contribution >= 4 is 17.7 Å². The first-order chi connectivity index (χ1) is 12.3. The number of nitrogens with zero attached hydrogens (tertiary/aromatic N) is 1. The Balaban J connectivity index is 1.79. The smallest absolute Gasteiger partial charge is 0.415 e. The van der Waals surface area contributed by atoms with Crippen LogP contribution in [0.25, 0.3) is 0 Å². The summed E-state index contributed by atoms with van der Waals surface area (Å²) in [6, 6.07) is 16.2. The van der Waals surface area contributed by atoms with Gasteiger partial charge in [-0.1, -0.05) is 48.5 Å². The minimum absolute atomic E-state index is 0.152. The van der Waals surface area contributed by atoms with E-state index in [1.165, 1.54) is 4.90 Å². The predicted octanol–water partition coefficient (Wildman–Crippen LogP) is 4.10. The van der Waals surface area contributed by atoms with Gasteiger partial charge in [0.1, 0.15) is 18.2 Å². The van der Waals surface area contributed by atoms with Crippen LogP contribution in [0.4, 0.5) is 10.5 Å². The van der Waals surface area contributed by atoms with Crippen LogP contribution < -0.4 is 4.90 Å². The Labute approximate surface area is 153 Å². The molecule has 0 spiro atoms. The van der Waals surface area contributed by atoms with Crippen molar-refractivity contribution in [3.05, 3.63) is 65.7 Å². The number of hydrogen-bond acceptors (Lipinski definition) is 4. The number of hydrogen-bond donors (Lipinski definition) is 0. The summed E-state index contributed by atoms with van der Waals surface area (Å²) in [4.78, 5) is 26.8. The average Bonchev–Trinajstić information content (AvgIpc) is 2.99. The molecule has 3 rings (SSSR count). The minimum atomic E-state index is -0.713. The van der Waals surface area contributed by atoms with Crippen LogP contribution in [0.1, 0.15) is 31.9 Å². The maximum absolute atomic E-state index is 12.8. The van der Waals surface area contributed by atoms with Crippen molar-refractivity contribution in [2.75, 3.05) is 4.90 Å². The van der Waals surface area contributed by atoms with Gasteiger partial charge in [-0.2, -0.15) is 0 Å². The predicted molar refractivity (Wildman–Crippen MR) is 98.9 cm³/mol. The highest BCUT2D eigenvalue weighted by Crippen LogP contribution is 2.33. The van der Waals surface area contributed by atoms with Crippen LogP contribution in [0.15, 0.2) is 54.6 Å². The summed E-state index contributed by atoms with van der Waals surface area (Å²) in [6.07, 6.45) is -0.124. The van der Waals surface area contributed by atoms with Gasteiger partial charge in [0.05, 0.1) is 5.69 Å². The van der Waals surface area contributed by atoms with Gasteiger partial charge in [0.15, 0.2) is 0 Å². The van der Waals surface area contributed by atoms with E-state index in [-0.39, 0.29) is 6.61 Å². The first kappa shape index (κ1) is 18.0. The SMILES string of the molecule is CC(C)(C)OC(=O)[C@@H]1Cc2ccccc2N1C(=O)OCc1ccccc1. The summed E-state index contributed by atoms with van der Waals surface area (Å²) in [7, 11) is 0. The van der Waals surface area contributed by atoms with Crippen molar-refractivity contribution in [3.8, 4) is 0 Å². The van der Waals surface area contributed by atoms with Crippen molar-refractivity contribution in [1.29, 1.82) is 0 Å². The van der Waals surface area contributed by atoms with Crippen LogP contribution in [-0.4, -0.2) is 23.7 Å². The monoisotopic (exact) mass is 353 g/mol. The molecule has 1 atom stereocenters. The van der Waals surface area contributed by atoms with Crippen LogP contribution in [0, 0.1) is 0 Å². The lowest BCUT2D eigenvalue weighted by atomic mass is 10.1. The van der Waals surface area contributed by atoms with Crippen molar-refractivity contribution < 1.29 is 19.1 Å². The molecule has 1 aliphatic rings. The molecule has 0 aliphatic carbocycles. The molecule has 0 fully saturated rings. The summed E-state index contributed by atoms with van der Waals surface area (Å²) < 4.78 is 11.0. The summed E-state index contributed by atoms with van der Waals surface area (Å²) >= 11 is 0. The summed E-state index contributed by atoms with van der Waals surface area (Å²) in [5.41, 5.74) is 1.90. The Hall–Kier alpha value is -2.82. The number of fused-ring (bicyclic) bond motifs is 1. The fourth-order valence-electron chi connectivity index (χ4n) is 2.96. The van der Waals surface area contributed by atoms with Gasteiger partial charge >= 0.3 is 12.1 Å². The number of para-hydroxylation sites is 1. The van der Waals surface area contributed by atoms with Crippen LogP contribution in [0.3, 0.4) is 0 Å². The molecule has 0 N–H and O–H groups in total. The normalized spacial score (nSPS) is 16.1. The van der Waals surface area contributed by atoms with Crippen molar-refractivity contribution in [2.45, 2.75) is 45.4 Å².